The summed E-state index contributed by atoms with van der Waals surface area (Å²) in [7, 11) is 1.37. The first-order valence-electron chi connectivity index (χ1n) is 5.55. The van der Waals surface area contributed by atoms with Crippen LogP contribution in [0.15, 0.2) is 12.7 Å². The molecule has 3 atom stereocenters. The van der Waals surface area contributed by atoms with Crippen molar-refractivity contribution >= 4 is 5.97 Å². The van der Waals surface area contributed by atoms with Gasteiger partial charge in [0.1, 0.15) is 0 Å². The van der Waals surface area contributed by atoms with E-state index >= 15 is 0 Å². The summed E-state index contributed by atoms with van der Waals surface area (Å²) >= 11 is 0. The van der Waals surface area contributed by atoms with Crippen molar-refractivity contribution in [2.45, 2.75) is 25.7 Å². The lowest BCUT2D eigenvalue weighted by Crippen LogP contribution is -2.34. The fourth-order valence-corrected chi connectivity index (χ4v) is 2.52. The highest BCUT2D eigenvalue weighted by molar-refractivity contribution is 5.72. The number of hydrogen-bond acceptors (Lipinski definition) is 3. The van der Waals surface area contributed by atoms with E-state index in [2.05, 4.69) is 6.58 Å². The molecular formula is C12H20O3. The number of carbonyl (C=O) groups excluding carboxylic acids is 1. The Balaban J connectivity index is 2.71. The molecule has 86 valence electrons. The van der Waals surface area contributed by atoms with E-state index in [9.17, 15) is 9.90 Å². The van der Waals surface area contributed by atoms with Gasteiger partial charge in [0.2, 0.25) is 0 Å². The minimum Gasteiger partial charge on any atom is -0.469 e. The van der Waals surface area contributed by atoms with Gasteiger partial charge in [-0.05, 0) is 24.7 Å². The Hall–Kier alpha value is -0.830. The van der Waals surface area contributed by atoms with E-state index in [1.807, 2.05) is 6.08 Å². The summed E-state index contributed by atoms with van der Waals surface area (Å²) in [6.45, 7) is 3.68. The first kappa shape index (κ1) is 12.2. The molecule has 3 nitrogen and oxygen atoms in total. The molecule has 0 amide bonds. The van der Waals surface area contributed by atoms with Crippen LogP contribution in [0.2, 0.25) is 0 Å². The van der Waals surface area contributed by atoms with Crippen LogP contribution >= 0.6 is 0 Å². The highest BCUT2D eigenvalue weighted by Crippen LogP contribution is 2.36. The van der Waals surface area contributed by atoms with Crippen molar-refractivity contribution in [1.82, 2.24) is 0 Å². The average molecular weight is 212 g/mol. The number of allylic oxidation sites excluding steroid dienone is 1. The van der Waals surface area contributed by atoms with Gasteiger partial charge in [-0.15, -0.1) is 6.58 Å². The molecule has 1 aliphatic rings. The molecule has 0 aromatic heterocycles. The molecule has 0 heterocycles. The van der Waals surface area contributed by atoms with Crippen molar-refractivity contribution in [2.75, 3.05) is 13.7 Å². The zero-order valence-corrected chi connectivity index (χ0v) is 9.32. The monoisotopic (exact) mass is 212 g/mol. The van der Waals surface area contributed by atoms with Crippen LogP contribution in [0.4, 0.5) is 0 Å². The Bertz CT molecular complexity index is 225. The van der Waals surface area contributed by atoms with Crippen molar-refractivity contribution in [2.24, 2.45) is 17.8 Å². The van der Waals surface area contributed by atoms with Crippen LogP contribution < -0.4 is 0 Å². The van der Waals surface area contributed by atoms with Gasteiger partial charge in [-0.25, -0.2) is 0 Å². The smallest absolute Gasteiger partial charge is 0.311 e. The SMILES string of the molecule is C=C[C@@H]1CCCC[C@H]1[C@H](CO)C(=O)OC. The predicted molar refractivity (Wildman–Crippen MR) is 58.2 cm³/mol. The molecule has 1 rings (SSSR count). The van der Waals surface area contributed by atoms with Crippen LogP contribution in [-0.2, 0) is 9.53 Å². The van der Waals surface area contributed by atoms with E-state index in [1.165, 1.54) is 13.5 Å². The minimum absolute atomic E-state index is 0.123. The van der Waals surface area contributed by atoms with Crippen LogP contribution in [0.3, 0.4) is 0 Å². The maximum absolute atomic E-state index is 11.5. The normalized spacial score (nSPS) is 28.1. The third kappa shape index (κ3) is 2.81. The third-order valence-corrected chi connectivity index (χ3v) is 3.40. The molecule has 0 aromatic rings. The summed E-state index contributed by atoms with van der Waals surface area (Å²) in [5, 5.41) is 9.26. The summed E-state index contributed by atoms with van der Waals surface area (Å²) in [6, 6.07) is 0. The lowest BCUT2D eigenvalue weighted by Gasteiger charge is -2.33. The van der Waals surface area contributed by atoms with E-state index in [0.29, 0.717) is 5.92 Å². The van der Waals surface area contributed by atoms with Crippen LogP contribution in [0.25, 0.3) is 0 Å². The topological polar surface area (TPSA) is 46.5 Å². The maximum Gasteiger partial charge on any atom is 0.311 e. The van der Waals surface area contributed by atoms with E-state index in [1.54, 1.807) is 0 Å². The van der Waals surface area contributed by atoms with Gasteiger partial charge in [-0.2, -0.15) is 0 Å². The highest BCUT2D eigenvalue weighted by Gasteiger charge is 2.34. The van der Waals surface area contributed by atoms with E-state index in [-0.39, 0.29) is 24.4 Å². The Morgan fingerprint density at radius 1 is 1.60 bits per heavy atom. The van der Waals surface area contributed by atoms with E-state index in [0.717, 1.165) is 19.3 Å². The van der Waals surface area contributed by atoms with Crippen LogP contribution in [0, 0.1) is 17.8 Å². The third-order valence-electron chi connectivity index (χ3n) is 3.40. The van der Waals surface area contributed by atoms with Crippen molar-refractivity contribution in [3.63, 3.8) is 0 Å². The standard InChI is InChI=1S/C12H20O3/c1-3-9-6-4-5-7-10(9)11(8-13)12(14)15-2/h3,9-11,13H,1,4-8H2,2H3/t9-,10-,11+/m1/s1. The van der Waals surface area contributed by atoms with E-state index < -0.39 is 0 Å². The molecule has 1 N–H and O–H groups in total. The lowest BCUT2D eigenvalue weighted by atomic mass is 9.72. The summed E-state index contributed by atoms with van der Waals surface area (Å²) in [5.41, 5.74) is 0. The van der Waals surface area contributed by atoms with Gasteiger partial charge < -0.3 is 9.84 Å². The minimum atomic E-state index is -0.377. The lowest BCUT2D eigenvalue weighted by molar-refractivity contribution is -0.150. The molecular weight excluding hydrogens is 192 g/mol. The van der Waals surface area contributed by atoms with Crippen LogP contribution in [-0.4, -0.2) is 24.8 Å². The molecule has 1 fully saturated rings. The maximum atomic E-state index is 11.5. The Morgan fingerprint density at radius 3 is 2.80 bits per heavy atom. The summed E-state index contributed by atoms with van der Waals surface area (Å²) < 4.78 is 4.72. The molecule has 0 aliphatic heterocycles. The predicted octanol–water partition coefficient (Wildman–Crippen LogP) is 1.76. The Morgan fingerprint density at radius 2 is 2.27 bits per heavy atom. The summed E-state index contributed by atoms with van der Waals surface area (Å²) in [5.74, 6) is -0.127. The second kappa shape index (κ2) is 5.91. The molecule has 3 heteroatoms. The van der Waals surface area contributed by atoms with Crippen molar-refractivity contribution in [1.29, 1.82) is 0 Å². The first-order valence-corrected chi connectivity index (χ1v) is 5.55. The summed E-state index contributed by atoms with van der Waals surface area (Å²) in [6.07, 6.45) is 6.28. The van der Waals surface area contributed by atoms with E-state index in [4.69, 9.17) is 4.74 Å². The quantitative estimate of drug-likeness (QED) is 0.570. The molecule has 1 aliphatic carbocycles. The fraction of sp³-hybridized carbons (Fsp3) is 0.750. The van der Waals surface area contributed by atoms with Crippen LogP contribution in [0.1, 0.15) is 25.7 Å². The number of aliphatic hydroxyl groups excluding tert-OH is 1. The Labute approximate surface area is 91.1 Å². The molecule has 0 bridgehead atoms. The number of methoxy groups -OCH3 is 1. The van der Waals surface area contributed by atoms with Crippen LogP contribution in [0.5, 0.6) is 0 Å². The van der Waals surface area contributed by atoms with Gasteiger partial charge in [0, 0.05) is 0 Å². The summed E-state index contributed by atoms with van der Waals surface area (Å²) in [4.78, 5) is 11.5. The highest BCUT2D eigenvalue weighted by atomic mass is 16.5. The Kier molecular flexibility index (Phi) is 4.82. The molecule has 15 heavy (non-hydrogen) atoms. The number of carbonyl (C=O) groups is 1. The zero-order valence-electron chi connectivity index (χ0n) is 9.32. The second-order valence-corrected chi connectivity index (χ2v) is 4.16. The average Bonchev–Trinajstić information content (AvgIpc) is 2.30. The number of ether oxygens (including phenoxy) is 1. The largest absolute Gasteiger partial charge is 0.469 e. The zero-order chi connectivity index (χ0) is 11.3. The number of aliphatic hydroxyl groups is 1. The van der Waals surface area contributed by atoms with Gasteiger partial charge in [-0.3, -0.25) is 4.79 Å². The first-order chi connectivity index (χ1) is 7.24. The number of hydrogen-bond donors (Lipinski definition) is 1. The van der Waals surface area contributed by atoms with Crippen molar-refractivity contribution in [3.05, 3.63) is 12.7 Å². The van der Waals surface area contributed by atoms with Crippen molar-refractivity contribution < 1.29 is 14.6 Å². The van der Waals surface area contributed by atoms with Gasteiger partial charge in [0.05, 0.1) is 19.6 Å². The van der Waals surface area contributed by atoms with Gasteiger partial charge in [0.15, 0.2) is 0 Å². The van der Waals surface area contributed by atoms with Gasteiger partial charge >= 0.3 is 5.97 Å². The molecule has 0 aromatic carbocycles. The second-order valence-electron chi connectivity index (χ2n) is 4.16. The molecule has 0 saturated heterocycles. The van der Waals surface area contributed by atoms with Gasteiger partial charge in [-0.1, -0.05) is 18.9 Å². The molecule has 1 saturated carbocycles. The molecule has 0 radical (unpaired) electrons. The molecule has 0 spiro atoms. The number of esters is 1. The van der Waals surface area contributed by atoms with Crippen molar-refractivity contribution in [3.8, 4) is 0 Å². The number of rotatable bonds is 4. The molecule has 0 unspecified atom stereocenters. The fourth-order valence-electron chi connectivity index (χ4n) is 2.52. The van der Waals surface area contributed by atoms with Gasteiger partial charge in [0.25, 0.3) is 0 Å².